The molecule has 2 N–H and O–H groups in total. The van der Waals surface area contributed by atoms with Gasteiger partial charge in [-0.25, -0.2) is 4.68 Å². The van der Waals surface area contributed by atoms with E-state index in [0.717, 1.165) is 35.4 Å². The zero-order valence-electron chi connectivity index (χ0n) is 25.5. The zero-order valence-corrected chi connectivity index (χ0v) is 27.0. The van der Waals surface area contributed by atoms with Gasteiger partial charge in [0.15, 0.2) is 0 Å². The van der Waals surface area contributed by atoms with Gasteiger partial charge in [0.2, 0.25) is 0 Å². The number of aryl methyl sites for hydroxylation is 1. The number of nitrogens with one attached hydrogen (secondary N) is 1. The minimum absolute atomic E-state index is 0.0955. The van der Waals surface area contributed by atoms with Crippen LogP contribution in [0.4, 0.5) is 13.2 Å². The van der Waals surface area contributed by atoms with Gasteiger partial charge in [-0.3, -0.25) is 4.79 Å². The lowest BCUT2D eigenvalue weighted by Gasteiger charge is -2.11. The average molecular weight is 663 g/mol. The summed E-state index contributed by atoms with van der Waals surface area (Å²) in [5.74, 6) is -0.964. The Morgan fingerprint density at radius 3 is 2.31 bits per heavy atom. The van der Waals surface area contributed by atoms with Gasteiger partial charge in [0.05, 0.1) is 17.8 Å². The highest BCUT2D eigenvalue weighted by Gasteiger charge is 2.31. The van der Waals surface area contributed by atoms with Crippen molar-refractivity contribution in [2.24, 2.45) is 0 Å². The molecule has 1 heterocycles. The van der Waals surface area contributed by atoms with Crippen molar-refractivity contribution in [2.75, 3.05) is 6.54 Å². The Kier molecular flexibility index (Phi) is 12.9. The molecule has 6 nitrogen and oxygen atoms in total. The SMILES string of the molecule is CC/C=C(/NCCC(=O)O)c1ccc(C)cc1.CCC(C)c1nn(-c2cc(Cl)cc(Cl)c2)cc1-c1cccc(OC(F)(F)F)c1. The molecule has 11 heteroatoms. The van der Waals surface area contributed by atoms with Gasteiger partial charge in [0.1, 0.15) is 5.75 Å². The number of benzene rings is 3. The van der Waals surface area contributed by atoms with E-state index in [9.17, 15) is 18.0 Å². The van der Waals surface area contributed by atoms with Crippen molar-refractivity contribution in [2.45, 2.75) is 59.2 Å². The molecule has 45 heavy (non-hydrogen) atoms. The van der Waals surface area contributed by atoms with Gasteiger partial charge in [-0.2, -0.15) is 5.10 Å². The molecule has 0 aliphatic rings. The molecule has 0 bridgehead atoms. The van der Waals surface area contributed by atoms with Crippen molar-refractivity contribution >= 4 is 34.9 Å². The van der Waals surface area contributed by atoms with Gasteiger partial charge in [-0.05, 0) is 61.2 Å². The highest BCUT2D eigenvalue weighted by Crippen LogP contribution is 2.34. The first-order valence-corrected chi connectivity index (χ1v) is 15.2. The van der Waals surface area contributed by atoms with Crippen LogP contribution in [0.25, 0.3) is 22.5 Å². The molecule has 0 aliphatic heterocycles. The van der Waals surface area contributed by atoms with Crippen LogP contribution in [0.2, 0.25) is 10.0 Å². The van der Waals surface area contributed by atoms with Crippen LogP contribution in [-0.4, -0.2) is 33.8 Å². The number of ether oxygens (including phenoxy) is 1. The minimum atomic E-state index is -4.75. The van der Waals surface area contributed by atoms with E-state index in [2.05, 4.69) is 40.3 Å². The monoisotopic (exact) mass is 661 g/mol. The molecule has 4 aromatic rings. The Morgan fingerprint density at radius 2 is 1.73 bits per heavy atom. The third-order valence-corrected chi connectivity index (χ3v) is 7.17. The molecule has 0 spiro atoms. The van der Waals surface area contributed by atoms with Crippen molar-refractivity contribution in [1.82, 2.24) is 15.1 Å². The topological polar surface area (TPSA) is 76.4 Å². The molecule has 0 saturated carbocycles. The number of nitrogens with zero attached hydrogens (tertiary/aromatic N) is 2. The van der Waals surface area contributed by atoms with E-state index >= 15 is 0 Å². The molecule has 1 atom stereocenters. The molecule has 3 aromatic carbocycles. The fraction of sp³-hybridized carbons (Fsp3) is 0.294. The van der Waals surface area contributed by atoms with Crippen molar-refractivity contribution in [3.8, 4) is 22.6 Å². The third-order valence-electron chi connectivity index (χ3n) is 6.74. The van der Waals surface area contributed by atoms with Crippen molar-refractivity contribution in [3.05, 3.63) is 106 Å². The van der Waals surface area contributed by atoms with Gasteiger partial charge in [0.25, 0.3) is 0 Å². The lowest BCUT2D eigenvalue weighted by atomic mass is 9.97. The normalized spacial score (nSPS) is 12.2. The smallest absolute Gasteiger partial charge is 0.481 e. The molecule has 240 valence electrons. The van der Waals surface area contributed by atoms with Crippen molar-refractivity contribution in [1.29, 1.82) is 0 Å². The summed E-state index contributed by atoms with van der Waals surface area (Å²) in [6.45, 7) is 8.59. The number of aromatic nitrogens is 2. The molecule has 0 amide bonds. The quantitative estimate of drug-likeness (QED) is 0.167. The maximum Gasteiger partial charge on any atom is 0.573 e. The number of aliphatic carboxylic acids is 1. The Labute approximate surface area is 271 Å². The number of hydrogen-bond donors (Lipinski definition) is 2. The van der Waals surface area contributed by atoms with E-state index in [1.165, 1.54) is 23.8 Å². The molecule has 0 aliphatic carbocycles. The molecule has 0 fully saturated rings. The fourth-order valence-electron chi connectivity index (χ4n) is 4.37. The Hall–Kier alpha value is -3.95. The molecular weight excluding hydrogens is 626 g/mol. The van der Waals surface area contributed by atoms with E-state index in [1.807, 2.05) is 32.9 Å². The summed E-state index contributed by atoms with van der Waals surface area (Å²) in [5, 5.41) is 17.3. The van der Waals surface area contributed by atoms with Crippen molar-refractivity contribution in [3.63, 3.8) is 0 Å². The summed E-state index contributed by atoms with van der Waals surface area (Å²) in [6.07, 6.45) is 0.956. The fourth-order valence-corrected chi connectivity index (χ4v) is 4.88. The minimum Gasteiger partial charge on any atom is -0.481 e. The third kappa shape index (κ3) is 11.2. The van der Waals surface area contributed by atoms with Crippen LogP contribution in [0.5, 0.6) is 5.75 Å². The van der Waals surface area contributed by atoms with Crippen LogP contribution < -0.4 is 10.1 Å². The van der Waals surface area contributed by atoms with E-state index < -0.39 is 12.3 Å². The van der Waals surface area contributed by atoms with Gasteiger partial charge in [-0.15, -0.1) is 13.2 Å². The predicted octanol–water partition coefficient (Wildman–Crippen LogP) is 10.1. The second kappa shape index (κ2) is 16.4. The first-order chi connectivity index (χ1) is 21.3. The number of carbonyl (C=O) groups is 1. The van der Waals surface area contributed by atoms with E-state index in [4.69, 9.17) is 28.3 Å². The standard InChI is InChI=1S/C20H17Cl2F3N2O.C14H19NO2/c1-3-12(2)19-18(13-5-4-6-17(7-13)28-20(23,24)25)11-27(26-19)16-9-14(21)8-15(22)10-16;1-3-4-13(15-10-9-14(16)17)12-7-5-11(2)6-8-12/h4-12H,3H2,1-2H3;4-8,15H,3,9-10H2,1-2H3,(H,16,17)/b;13-4+. The number of allylic oxidation sites excluding steroid dienone is 1. The van der Waals surface area contributed by atoms with Crippen LogP contribution >= 0.6 is 23.2 Å². The Morgan fingerprint density at radius 1 is 1.07 bits per heavy atom. The maximum atomic E-state index is 12.6. The molecule has 1 unspecified atom stereocenters. The number of carboxylic acid groups (broad SMARTS) is 1. The van der Waals surface area contributed by atoms with Gasteiger partial charge in [0, 0.05) is 40.0 Å². The summed E-state index contributed by atoms with van der Waals surface area (Å²) in [4.78, 5) is 10.5. The van der Waals surface area contributed by atoms with Gasteiger partial charge >= 0.3 is 12.3 Å². The number of alkyl halides is 3. The average Bonchev–Trinajstić information content (AvgIpc) is 3.42. The summed E-state index contributed by atoms with van der Waals surface area (Å²) >= 11 is 12.2. The van der Waals surface area contributed by atoms with E-state index in [0.29, 0.717) is 27.8 Å². The van der Waals surface area contributed by atoms with Crippen LogP contribution in [0.15, 0.2) is 79.0 Å². The highest BCUT2D eigenvalue weighted by molar-refractivity contribution is 6.34. The molecular formula is C34H36Cl2F3N3O3. The van der Waals surface area contributed by atoms with E-state index in [-0.39, 0.29) is 18.1 Å². The van der Waals surface area contributed by atoms with Gasteiger partial charge in [-0.1, -0.05) is 92.0 Å². The zero-order chi connectivity index (χ0) is 33.1. The Balaban J connectivity index is 0.000000279. The van der Waals surface area contributed by atoms with E-state index in [1.54, 1.807) is 35.1 Å². The van der Waals surface area contributed by atoms with Crippen LogP contribution in [0.1, 0.15) is 62.8 Å². The first-order valence-electron chi connectivity index (χ1n) is 14.4. The van der Waals surface area contributed by atoms with Crippen molar-refractivity contribution < 1.29 is 27.8 Å². The molecule has 0 saturated heterocycles. The summed E-state index contributed by atoms with van der Waals surface area (Å²) in [5.41, 5.74) is 6.06. The summed E-state index contributed by atoms with van der Waals surface area (Å²) in [6, 6.07) is 19.1. The highest BCUT2D eigenvalue weighted by atomic mass is 35.5. The lowest BCUT2D eigenvalue weighted by Crippen LogP contribution is -2.17. The second-order valence-corrected chi connectivity index (χ2v) is 11.2. The molecule has 4 rings (SSSR count). The maximum absolute atomic E-state index is 12.6. The lowest BCUT2D eigenvalue weighted by molar-refractivity contribution is -0.274. The number of halogens is 5. The first kappa shape index (κ1) is 35.5. The second-order valence-electron chi connectivity index (χ2n) is 10.3. The molecule has 1 aromatic heterocycles. The van der Waals surface area contributed by atoms with Crippen LogP contribution in [0.3, 0.4) is 0 Å². The number of carboxylic acids is 1. The largest absolute Gasteiger partial charge is 0.573 e. The Bertz CT molecular complexity index is 1580. The summed E-state index contributed by atoms with van der Waals surface area (Å²) < 4.78 is 43.4. The number of hydrogen-bond acceptors (Lipinski definition) is 4. The van der Waals surface area contributed by atoms with Crippen LogP contribution in [-0.2, 0) is 4.79 Å². The predicted molar refractivity (Wildman–Crippen MR) is 174 cm³/mol. The molecule has 0 radical (unpaired) electrons. The van der Waals surface area contributed by atoms with Crippen LogP contribution in [0, 0.1) is 6.92 Å². The van der Waals surface area contributed by atoms with Gasteiger partial charge < -0.3 is 15.2 Å². The summed E-state index contributed by atoms with van der Waals surface area (Å²) in [7, 11) is 0. The number of rotatable bonds is 11.